The molecule has 0 aliphatic carbocycles. The minimum atomic E-state index is -1.06. The number of carbonyl (C=O) groups is 2. The molecule has 2 aromatic rings. The number of aromatic carboxylic acids is 1. The van der Waals surface area contributed by atoms with E-state index < -0.39 is 11.9 Å². The van der Waals surface area contributed by atoms with Gasteiger partial charge in [-0.1, -0.05) is 35.1 Å². The zero-order valence-electron chi connectivity index (χ0n) is 12.6. The molecule has 0 bridgehead atoms. The summed E-state index contributed by atoms with van der Waals surface area (Å²) in [6.07, 6.45) is 0.885. The van der Waals surface area contributed by atoms with Crippen molar-refractivity contribution in [1.29, 1.82) is 5.26 Å². The number of halogens is 1. The predicted molar refractivity (Wildman–Crippen MR) is 92.1 cm³/mol. The van der Waals surface area contributed by atoms with Crippen LogP contribution < -0.4 is 10.3 Å². The summed E-state index contributed by atoms with van der Waals surface area (Å²) in [6, 6.07) is 7.85. The predicted octanol–water partition coefficient (Wildman–Crippen LogP) is 1.67. The lowest BCUT2D eigenvalue weighted by atomic mass is 10.1. The average Bonchev–Trinajstić information content (AvgIpc) is 2.83. The highest BCUT2D eigenvalue weighted by Gasteiger charge is 2.13. The van der Waals surface area contributed by atoms with Crippen LogP contribution in [0, 0.1) is 11.3 Å². The third-order valence-corrected chi connectivity index (χ3v) is 4.42. The normalized spacial score (nSPS) is 10.6. The molecule has 0 unspecified atom stereocenters. The number of carbonyl (C=O) groups excluding carboxylic acids is 1. The summed E-state index contributed by atoms with van der Waals surface area (Å²) in [5.41, 5.74) is 2.85. The van der Waals surface area contributed by atoms with Crippen LogP contribution in [0.1, 0.15) is 27.2 Å². The number of hydrogen-bond donors (Lipinski definition) is 2. The maximum atomic E-state index is 12.1. The molecule has 8 nitrogen and oxygen atoms in total. The monoisotopic (exact) mass is 378 g/mol. The number of amides is 1. The standard InChI is InChI=1S/C15H11ClN4O4S/c16-13-11(7-18-19-12(21)4-5-17)25-15(24)20(13)8-9-2-1-3-10(6-9)14(22)23/h1-3,6-7H,4,8H2,(H,19,21)(H,22,23). The topological polar surface area (TPSA) is 125 Å². The van der Waals surface area contributed by atoms with Gasteiger partial charge in [-0.2, -0.15) is 10.4 Å². The van der Waals surface area contributed by atoms with Gasteiger partial charge < -0.3 is 5.11 Å². The van der Waals surface area contributed by atoms with Crippen LogP contribution in [0.25, 0.3) is 0 Å². The number of thiazole rings is 1. The smallest absolute Gasteiger partial charge is 0.335 e. The number of aromatic nitrogens is 1. The number of nitriles is 1. The fraction of sp³-hybridized carbons (Fsp3) is 0.133. The molecule has 0 saturated carbocycles. The van der Waals surface area contributed by atoms with Crippen molar-refractivity contribution in [3.8, 4) is 6.07 Å². The molecule has 0 aliphatic rings. The summed E-state index contributed by atoms with van der Waals surface area (Å²) in [4.78, 5) is 34.2. The molecule has 1 amide bonds. The van der Waals surface area contributed by atoms with Crippen molar-refractivity contribution in [2.75, 3.05) is 0 Å². The Hall–Kier alpha value is -2.96. The van der Waals surface area contributed by atoms with E-state index in [-0.39, 0.29) is 28.6 Å². The van der Waals surface area contributed by atoms with E-state index in [1.54, 1.807) is 18.2 Å². The number of rotatable bonds is 6. The molecule has 1 heterocycles. The van der Waals surface area contributed by atoms with Crippen molar-refractivity contribution in [2.24, 2.45) is 5.10 Å². The van der Waals surface area contributed by atoms with Crippen LogP contribution in [-0.2, 0) is 11.3 Å². The van der Waals surface area contributed by atoms with Crippen molar-refractivity contribution in [2.45, 2.75) is 13.0 Å². The summed E-state index contributed by atoms with van der Waals surface area (Å²) in [7, 11) is 0. The number of benzene rings is 1. The Kier molecular flexibility index (Phi) is 6.05. The summed E-state index contributed by atoms with van der Waals surface area (Å²) < 4.78 is 1.27. The molecule has 10 heteroatoms. The Bertz CT molecular complexity index is 942. The van der Waals surface area contributed by atoms with E-state index in [2.05, 4.69) is 10.5 Å². The molecule has 0 atom stereocenters. The van der Waals surface area contributed by atoms with E-state index >= 15 is 0 Å². The molecular weight excluding hydrogens is 368 g/mol. The summed E-state index contributed by atoms with van der Waals surface area (Å²) >= 11 is 6.99. The minimum absolute atomic E-state index is 0.101. The van der Waals surface area contributed by atoms with Crippen LogP contribution in [0.2, 0.25) is 5.15 Å². The van der Waals surface area contributed by atoms with Crippen molar-refractivity contribution >= 4 is 41.0 Å². The SMILES string of the molecule is N#CCC(=O)NN=Cc1sc(=O)n(Cc2cccc(C(=O)O)c2)c1Cl. The highest BCUT2D eigenvalue weighted by Crippen LogP contribution is 2.18. The lowest BCUT2D eigenvalue weighted by Gasteiger charge is -2.05. The molecule has 0 radical (unpaired) electrons. The second-order valence-corrected chi connectivity index (χ2v) is 6.09. The lowest BCUT2D eigenvalue weighted by molar-refractivity contribution is -0.120. The highest BCUT2D eigenvalue weighted by molar-refractivity contribution is 7.11. The number of nitrogens with zero attached hydrogens (tertiary/aromatic N) is 3. The fourth-order valence-corrected chi connectivity index (χ4v) is 2.98. The van der Waals surface area contributed by atoms with Crippen LogP contribution in [-0.4, -0.2) is 27.8 Å². The zero-order chi connectivity index (χ0) is 18.4. The fourth-order valence-electron chi connectivity index (χ4n) is 1.88. The number of hydrogen-bond acceptors (Lipinski definition) is 6. The Labute approximate surface area is 150 Å². The number of carboxylic acid groups (broad SMARTS) is 1. The average molecular weight is 379 g/mol. The molecule has 2 N–H and O–H groups in total. The Morgan fingerprint density at radius 2 is 2.24 bits per heavy atom. The maximum absolute atomic E-state index is 12.1. The van der Waals surface area contributed by atoms with Gasteiger partial charge >= 0.3 is 10.8 Å². The largest absolute Gasteiger partial charge is 0.478 e. The van der Waals surface area contributed by atoms with Crippen molar-refractivity contribution < 1.29 is 14.7 Å². The van der Waals surface area contributed by atoms with E-state index in [4.69, 9.17) is 22.0 Å². The first-order chi connectivity index (χ1) is 11.9. The molecule has 1 aromatic carbocycles. The van der Waals surface area contributed by atoms with Crippen molar-refractivity contribution in [3.05, 3.63) is 55.1 Å². The Morgan fingerprint density at radius 3 is 2.92 bits per heavy atom. The van der Waals surface area contributed by atoms with E-state index in [9.17, 15) is 14.4 Å². The molecule has 0 fully saturated rings. The van der Waals surface area contributed by atoms with Crippen LogP contribution in [0.3, 0.4) is 0 Å². The van der Waals surface area contributed by atoms with Gasteiger partial charge in [-0.15, -0.1) is 0 Å². The first kappa shape index (κ1) is 18.4. The van der Waals surface area contributed by atoms with Crippen LogP contribution >= 0.6 is 22.9 Å². The summed E-state index contributed by atoms with van der Waals surface area (Å²) in [6.45, 7) is 0.101. The minimum Gasteiger partial charge on any atom is -0.478 e. The molecule has 0 aliphatic heterocycles. The van der Waals surface area contributed by atoms with Gasteiger partial charge in [0.15, 0.2) is 0 Å². The zero-order valence-corrected chi connectivity index (χ0v) is 14.2. The summed E-state index contributed by atoms with van der Waals surface area (Å²) in [5.74, 6) is -1.64. The van der Waals surface area contributed by atoms with Crippen LogP contribution in [0.4, 0.5) is 0 Å². The highest BCUT2D eigenvalue weighted by atomic mass is 35.5. The van der Waals surface area contributed by atoms with Crippen molar-refractivity contribution in [3.63, 3.8) is 0 Å². The first-order valence-corrected chi connectivity index (χ1v) is 8.02. The molecular formula is C15H11ClN4O4S. The van der Waals surface area contributed by atoms with Gasteiger partial charge in [-0.05, 0) is 17.7 Å². The maximum Gasteiger partial charge on any atom is 0.335 e. The van der Waals surface area contributed by atoms with E-state index in [0.29, 0.717) is 10.4 Å². The molecule has 1 aromatic heterocycles. The second kappa shape index (κ2) is 8.23. The molecule has 2 rings (SSSR count). The van der Waals surface area contributed by atoms with Gasteiger partial charge in [-0.25, -0.2) is 10.2 Å². The van der Waals surface area contributed by atoms with E-state index in [1.807, 2.05) is 0 Å². The number of hydrazone groups is 1. The summed E-state index contributed by atoms with van der Waals surface area (Å²) in [5, 5.41) is 21.1. The van der Waals surface area contributed by atoms with Gasteiger partial charge in [0, 0.05) is 0 Å². The lowest BCUT2D eigenvalue weighted by Crippen LogP contribution is -2.16. The van der Waals surface area contributed by atoms with E-state index in [0.717, 1.165) is 11.3 Å². The van der Waals surface area contributed by atoms with Gasteiger partial charge in [0.05, 0.1) is 29.3 Å². The Morgan fingerprint density at radius 1 is 1.48 bits per heavy atom. The number of carboxylic acids is 1. The number of nitrogens with one attached hydrogen (secondary N) is 1. The van der Waals surface area contributed by atoms with Crippen LogP contribution in [0.15, 0.2) is 34.2 Å². The molecule has 25 heavy (non-hydrogen) atoms. The molecule has 0 saturated heterocycles. The molecule has 0 spiro atoms. The quantitative estimate of drug-likeness (QED) is 0.584. The van der Waals surface area contributed by atoms with Gasteiger partial charge in [0.1, 0.15) is 11.6 Å². The van der Waals surface area contributed by atoms with Gasteiger partial charge in [0.2, 0.25) is 0 Å². The van der Waals surface area contributed by atoms with Gasteiger partial charge in [0.25, 0.3) is 5.91 Å². The van der Waals surface area contributed by atoms with E-state index in [1.165, 1.54) is 22.9 Å². The van der Waals surface area contributed by atoms with Crippen LogP contribution in [0.5, 0.6) is 0 Å². The Balaban J connectivity index is 2.20. The first-order valence-electron chi connectivity index (χ1n) is 6.82. The second-order valence-electron chi connectivity index (χ2n) is 4.74. The molecule has 128 valence electrons. The third-order valence-electron chi connectivity index (χ3n) is 2.98. The van der Waals surface area contributed by atoms with Crippen molar-refractivity contribution in [1.82, 2.24) is 9.99 Å². The van der Waals surface area contributed by atoms with Gasteiger partial charge in [-0.3, -0.25) is 14.2 Å². The third kappa shape index (κ3) is 4.76.